The Morgan fingerprint density at radius 2 is 1.85 bits per heavy atom. The lowest BCUT2D eigenvalue weighted by Gasteiger charge is -2.26. The van der Waals surface area contributed by atoms with E-state index in [0.29, 0.717) is 17.5 Å². The summed E-state index contributed by atoms with van der Waals surface area (Å²) in [4.78, 5) is 37.1. The number of Topliss-reactive ketones (excluding diaryl/α,β-unsaturated/α-hetero) is 1. The van der Waals surface area contributed by atoms with E-state index in [1.54, 1.807) is 36.4 Å². The number of phenols is 1. The van der Waals surface area contributed by atoms with Gasteiger partial charge in [0, 0.05) is 16.5 Å². The van der Waals surface area contributed by atoms with Crippen molar-refractivity contribution >= 4 is 33.7 Å². The zero-order chi connectivity index (χ0) is 19.6. The average Bonchev–Trinajstić information content (AvgIpc) is 2.94. The molecule has 140 valence electrons. The summed E-state index contributed by atoms with van der Waals surface area (Å²) < 4.78 is 0.846. The molecule has 1 heterocycles. The standard InChI is InChI=1S/C20H19BrN2O4/c1-2-12-11-15(24)7-8-16(12)17(25)9-10-20(18(26)22-19(27)23-20)13-3-5-14(21)6-4-13/h3-8,11,24H,2,9-10H2,1H3,(H2,22,23,26,27)/t20-/m0/s1. The molecule has 0 saturated carbocycles. The van der Waals surface area contributed by atoms with Gasteiger partial charge in [-0.1, -0.05) is 35.0 Å². The highest BCUT2D eigenvalue weighted by atomic mass is 79.9. The molecule has 3 rings (SSSR count). The molecule has 1 aliphatic heterocycles. The van der Waals surface area contributed by atoms with Gasteiger partial charge in [-0.2, -0.15) is 0 Å². The van der Waals surface area contributed by atoms with Crippen LogP contribution in [-0.2, 0) is 16.8 Å². The number of halogens is 1. The Labute approximate surface area is 165 Å². The summed E-state index contributed by atoms with van der Waals surface area (Å²) >= 11 is 3.35. The lowest BCUT2D eigenvalue weighted by Crippen LogP contribution is -2.44. The van der Waals surface area contributed by atoms with E-state index in [1.165, 1.54) is 6.07 Å². The van der Waals surface area contributed by atoms with Crippen molar-refractivity contribution in [3.63, 3.8) is 0 Å². The third-order valence-electron chi connectivity index (χ3n) is 4.78. The second kappa shape index (κ2) is 7.52. The fraction of sp³-hybridized carbons (Fsp3) is 0.250. The number of amides is 3. The number of rotatable bonds is 6. The molecule has 0 unspecified atom stereocenters. The minimum Gasteiger partial charge on any atom is -0.508 e. The molecule has 0 aliphatic carbocycles. The summed E-state index contributed by atoms with van der Waals surface area (Å²) in [5.74, 6) is -0.501. The van der Waals surface area contributed by atoms with Crippen LogP contribution in [0.4, 0.5) is 4.79 Å². The first kappa shape index (κ1) is 19.1. The molecule has 1 aliphatic rings. The number of hydrogen-bond acceptors (Lipinski definition) is 4. The summed E-state index contributed by atoms with van der Waals surface area (Å²) in [7, 11) is 0. The molecule has 3 N–H and O–H groups in total. The van der Waals surface area contributed by atoms with Crippen LogP contribution in [0.1, 0.15) is 41.3 Å². The van der Waals surface area contributed by atoms with Gasteiger partial charge in [0.2, 0.25) is 0 Å². The molecule has 0 spiro atoms. The Bertz CT molecular complexity index is 911. The number of ketones is 1. The van der Waals surface area contributed by atoms with E-state index in [9.17, 15) is 19.5 Å². The molecule has 7 heteroatoms. The van der Waals surface area contributed by atoms with Gasteiger partial charge in [-0.05, 0) is 54.3 Å². The second-order valence-corrected chi connectivity index (χ2v) is 7.35. The number of carbonyl (C=O) groups is 3. The molecule has 1 saturated heterocycles. The zero-order valence-electron chi connectivity index (χ0n) is 14.7. The Morgan fingerprint density at radius 3 is 2.44 bits per heavy atom. The fourth-order valence-corrected chi connectivity index (χ4v) is 3.59. The molecular weight excluding hydrogens is 412 g/mol. The number of benzene rings is 2. The van der Waals surface area contributed by atoms with Crippen LogP contribution in [0.2, 0.25) is 0 Å². The number of aryl methyl sites for hydroxylation is 1. The lowest BCUT2D eigenvalue weighted by atomic mass is 9.84. The van der Waals surface area contributed by atoms with E-state index in [1.807, 2.05) is 6.92 Å². The molecule has 27 heavy (non-hydrogen) atoms. The number of imide groups is 1. The van der Waals surface area contributed by atoms with Crippen LogP contribution in [0.25, 0.3) is 0 Å². The monoisotopic (exact) mass is 430 g/mol. The smallest absolute Gasteiger partial charge is 0.322 e. The van der Waals surface area contributed by atoms with Gasteiger partial charge >= 0.3 is 6.03 Å². The molecule has 3 amide bonds. The molecule has 0 aromatic heterocycles. The molecule has 6 nitrogen and oxygen atoms in total. The van der Waals surface area contributed by atoms with Crippen molar-refractivity contribution in [2.45, 2.75) is 31.7 Å². The molecule has 2 aromatic carbocycles. The minimum absolute atomic E-state index is 0.0710. The van der Waals surface area contributed by atoms with Crippen molar-refractivity contribution in [1.29, 1.82) is 0 Å². The molecule has 1 atom stereocenters. The molecule has 1 fully saturated rings. The number of nitrogens with one attached hydrogen (secondary N) is 2. The number of aromatic hydroxyl groups is 1. The lowest BCUT2D eigenvalue weighted by molar-refractivity contribution is -0.124. The third-order valence-corrected chi connectivity index (χ3v) is 5.30. The Morgan fingerprint density at radius 1 is 1.15 bits per heavy atom. The minimum atomic E-state index is -1.28. The number of urea groups is 1. The van der Waals surface area contributed by atoms with Crippen LogP contribution in [0, 0.1) is 0 Å². The van der Waals surface area contributed by atoms with Crippen LogP contribution >= 0.6 is 15.9 Å². The number of carbonyl (C=O) groups excluding carboxylic acids is 3. The maximum atomic E-state index is 12.8. The number of hydrogen-bond donors (Lipinski definition) is 3. The van der Waals surface area contributed by atoms with Crippen LogP contribution in [0.15, 0.2) is 46.9 Å². The Hall–Kier alpha value is -2.67. The maximum absolute atomic E-state index is 12.8. The summed E-state index contributed by atoms with van der Waals surface area (Å²) in [6, 6.07) is 11.1. The van der Waals surface area contributed by atoms with Gasteiger partial charge in [0.1, 0.15) is 11.3 Å². The first-order chi connectivity index (χ1) is 12.9. The van der Waals surface area contributed by atoms with Gasteiger partial charge in [0.05, 0.1) is 0 Å². The summed E-state index contributed by atoms with van der Waals surface area (Å²) in [6.45, 7) is 1.90. The quantitative estimate of drug-likeness (QED) is 0.483. The van der Waals surface area contributed by atoms with Crippen LogP contribution in [0.5, 0.6) is 5.75 Å². The van der Waals surface area contributed by atoms with Crippen LogP contribution in [-0.4, -0.2) is 22.8 Å². The van der Waals surface area contributed by atoms with Crippen molar-refractivity contribution in [2.24, 2.45) is 0 Å². The van der Waals surface area contributed by atoms with Crippen LogP contribution in [0.3, 0.4) is 0 Å². The van der Waals surface area contributed by atoms with Gasteiger partial charge in [-0.15, -0.1) is 0 Å². The van der Waals surface area contributed by atoms with Gasteiger partial charge in [-0.3, -0.25) is 14.9 Å². The fourth-order valence-electron chi connectivity index (χ4n) is 3.33. The number of phenolic OH excluding ortho intramolecular Hbond substituents is 1. The van der Waals surface area contributed by atoms with Crippen molar-refractivity contribution in [3.05, 3.63) is 63.6 Å². The normalized spacial score (nSPS) is 18.9. The van der Waals surface area contributed by atoms with E-state index in [-0.39, 0.29) is 24.4 Å². The Kier molecular flexibility index (Phi) is 5.32. The maximum Gasteiger partial charge on any atom is 0.322 e. The molecule has 2 aromatic rings. The van der Waals surface area contributed by atoms with E-state index in [2.05, 4.69) is 26.6 Å². The van der Waals surface area contributed by atoms with Gasteiger partial charge in [0.25, 0.3) is 5.91 Å². The SMILES string of the molecule is CCc1cc(O)ccc1C(=O)CC[C@@]1(c2ccc(Br)cc2)NC(=O)NC1=O. The van der Waals surface area contributed by atoms with Gasteiger partial charge < -0.3 is 10.4 Å². The largest absolute Gasteiger partial charge is 0.508 e. The van der Waals surface area contributed by atoms with Crippen molar-refractivity contribution in [2.75, 3.05) is 0 Å². The van der Waals surface area contributed by atoms with Crippen molar-refractivity contribution < 1.29 is 19.5 Å². The molecule has 0 bridgehead atoms. The molecular formula is C20H19BrN2O4. The van der Waals surface area contributed by atoms with E-state index >= 15 is 0 Å². The Balaban J connectivity index is 1.88. The predicted molar refractivity (Wildman–Crippen MR) is 104 cm³/mol. The van der Waals surface area contributed by atoms with Crippen LogP contribution < -0.4 is 10.6 Å². The van der Waals surface area contributed by atoms with Gasteiger partial charge in [0.15, 0.2) is 5.78 Å². The summed E-state index contributed by atoms with van der Waals surface area (Å²) in [5.41, 5.74) is 0.600. The highest BCUT2D eigenvalue weighted by molar-refractivity contribution is 9.10. The summed E-state index contributed by atoms with van der Waals surface area (Å²) in [6.07, 6.45) is 0.807. The molecule has 0 radical (unpaired) electrons. The van der Waals surface area contributed by atoms with E-state index in [4.69, 9.17) is 0 Å². The van der Waals surface area contributed by atoms with Crippen molar-refractivity contribution in [3.8, 4) is 5.75 Å². The third kappa shape index (κ3) is 3.73. The second-order valence-electron chi connectivity index (χ2n) is 6.44. The van der Waals surface area contributed by atoms with E-state index < -0.39 is 17.5 Å². The van der Waals surface area contributed by atoms with Crippen molar-refractivity contribution in [1.82, 2.24) is 10.6 Å². The van der Waals surface area contributed by atoms with Gasteiger partial charge in [-0.25, -0.2) is 4.79 Å². The zero-order valence-corrected chi connectivity index (χ0v) is 16.3. The topological polar surface area (TPSA) is 95.5 Å². The first-order valence-corrected chi connectivity index (χ1v) is 9.40. The predicted octanol–water partition coefficient (Wildman–Crippen LogP) is 3.41. The van der Waals surface area contributed by atoms with E-state index in [0.717, 1.165) is 10.0 Å². The highest BCUT2D eigenvalue weighted by Crippen LogP contribution is 2.32. The first-order valence-electron chi connectivity index (χ1n) is 8.60. The highest BCUT2D eigenvalue weighted by Gasteiger charge is 2.47. The summed E-state index contributed by atoms with van der Waals surface area (Å²) in [5, 5.41) is 14.6. The average molecular weight is 431 g/mol.